The molecule has 142 valence electrons. The van der Waals surface area contributed by atoms with Crippen LogP contribution in [0.4, 0.5) is 0 Å². The molecule has 1 atom stereocenters. The van der Waals surface area contributed by atoms with Gasteiger partial charge in [0.1, 0.15) is 11.7 Å². The molecule has 0 aliphatic heterocycles. The Morgan fingerprint density at radius 2 is 1.25 bits per heavy atom. The van der Waals surface area contributed by atoms with E-state index in [1.54, 1.807) is 6.08 Å². The van der Waals surface area contributed by atoms with Crippen LogP contribution in [0.3, 0.4) is 0 Å². The molecule has 0 saturated heterocycles. The van der Waals surface area contributed by atoms with Gasteiger partial charge >= 0.3 is 5.97 Å². The quantitative estimate of drug-likeness (QED) is 0.313. The van der Waals surface area contributed by atoms with Gasteiger partial charge in [-0.3, -0.25) is 4.79 Å². The van der Waals surface area contributed by atoms with Crippen molar-refractivity contribution in [2.45, 2.75) is 18.6 Å². The standard InChI is InChI=1S/C25H24O3/c1-3-24(28-20(2)26)19-27-25(21-13-7-4-8-14-21,22-15-9-5-10-16-22)23-17-11-6-12-18-23/h3-18,24H,1,19H2,2H3. The number of ether oxygens (including phenoxy) is 2. The van der Waals surface area contributed by atoms with Gasteiger partial charge < -0.3 is 9.47 Å². The van der Waals surface area contributed by atoms with Crippen LogP contribution >= 0.6 is 0 Å². The maximum Gasteiger partial charge on any atom is 0.303 e. The van der Waals surface area contributed by atoms with E-state index in [0.717, 1.165) is 16.7 Å². The third-order valence-corrected chi connectivity index (χ3v) is 4.59. The van der Waals surface area contributed by atoms with Crippen LogP contribution in [0, 0.1) is 0 Å². The van der Waals surface area contributed by atoms with Gasteiger partial charge in [-0.2, -0.15) is 0 Å². The van der Waals surface area contributed by atoms with E-state index in [1.807, 2.05) is 54.6 Å². The Kier molecular flexibility index (Phi) is 6.41. The Morgan fingerprint density at radius 1 is 0.857 bits per heavy atom. The largest absolute Gasteiger partial charge is 0.456 e. The van der Waals surface area contributed by atoms with Crippen molar-refractivity contribution in [2.75, 3.05) is 6.61 Å². The molecule has 3 aromatic carbocycles. The van der Waals surface area contributed by atoms with E-state index in [0.29, 0.717) is 0 Å². The fourth-order valence-corrected chi connectivity index (χ4v) is 3.34. The van der Waals surface area contributed by atoms with E-state index >= 15 is 0 Å². The minimum atomic E-state index is -0.842. The van der Waals surface area contributed by atoms with E-state index in [9.17, 15) is 4.79 Å². The van der Waals surface area contributed by atoms with Crippen molar-refractivity contribution in [1.29, 1.82) is 0 Å². The van der Waals surface area contributed by atoms with Crippen molar-refractivity contribution in [3.05, 3.63) is 120 Å². The van der Waals surface area contributed by atoms with Gasteiger partial charge in [-0.05, 0) is 22.8 Å². The molecule has 3 aromatic rings. The fraction of sp³-hybridized carbons (Fsp3) is 0.160. The monoisotopic (exact) mass is 372 g/mol. The molecule has 0 fully saturated rings. The highest BCUT2D eigenvalue weighted by atomic mass is 16.6. The summed E-state index contributed by atoms with van der Waals surface area (Å²) in [7, 11) is 0. The lowest BCUT2D eigenvalue weighted by molar-refractivity contribution is -0.148. The summed E-state index contributed by atoms with van der Waals surface area (Å²) in [6.07, 6.45) is 1.06. The van der Waals surface area contributed by atoms with Gasteiger partial charge in [0.2, 0.25) is 0 Å². The Labute approximate surface area is 166 Å². The van der Waals surface area contributed by atoms with Crippen molar-refractivity contribution in [3.8, 4) is 0 Å². The predicted molar refractivity (Wildman–Crippen MR) is 111 cm³/mol. The summed E-state index contributed by atoms with van der Waals surface area (Å²) in [6, 6.07) is 30.2. The van der Waals surface area contributed by atoms with E-state index in [4.69, 9.17) is 9.47 Å². The lowest BCUT2D eigenvalue weighted by Gasteiger charge is -2.36. The zero-order valence-corrected chi connectivity index (χ0v) is 16.0. The van der Waals surface area contributed by atoms with Crippen LogP contribution in [0.15, 0.2) is 104 Å². The summed E-state index contributed by atoms with van der Waals surface area (Å²) >= 11 is 0. The Morgan fingerprint density at radius 3 is 1.57 bits per heavy atom. The lowest BCUT2D eigenvalue weighted by atomic mass is 9.80. The summed E-state index contributed by atoms with van der Waals surface area (Å²) in [6.45, 7) is 5.34. The number of benzene rings is 3. The zero-order chi connectivity index (χ0) is 19.8. The predicted octanol–water partition coefficient (Wildman–Crippen LogP) is 5.11. The van der Waals surface area contributed by atoms with Gasteiger partial charge in [0.15, 0.2) is 0 Å². The van der Waals surface area contributed by atoms with E-state index in [1.165, 1.54) is 6.92 Å². The van der Waals surface area contributed by atoms with Gasteiger partial charge in [0.05, 0.1) is 6.61 Å². The van der Waals surface area contributed by atoms with Crippen LogP contribution in [0.1, 0.15) is 23.6 Å². The van der Waals surface area contributed by atoms with Crippen LogP contribution < -0.4 is 0 Å². The molecule has 3 rings (SSSR count). The highest BCUT2D eigenvalue weighted by Gasteiger charge is 2.38. The second kappa shape index (κ2) is 9.16. The maximum absolute atomic E-state index is 11.4. The zero-order valence-electron chi connectivity index (χ0n) is 16.0. The maximum atomic E-state index is 11.4. The van der Waals surface area contributed by atoms with E-state index in [-0.39, 0.29) is 12.6 Å². The van der Waals surface area contributed by atoms with Crippen LogP contribution in [-0.4, -0.2) is 18.7 Å². The third-order valence-electron chi connectivity index (χ3n) is 4.59. The summed E-state index contributed by atoms with van der Waals surface area (Å²) in [5, 5.41) is 0. The number of hydrogen-bond donors (Lipinski definition) is 0. The minimum Gasteiger partial charge on any atom is -0.456 e. The Balaban J connectivity index is 2.14. The van der Waals surface area contributed by atoms with Gasteiger partial charge in [-0.15, -0.1) is 0 Å². The first-order valence-electron chi connectivity index (χ1n) is 9.27. The highest BCUT2D eigenvalue weighted by molar-refractivity contribution is 5.66. The van der Waals surface area contributed by atoms with Crippen LogP contribution in [0.5, 0.6) is 0 Å². The second-order valence-electron chi connectivity index (χ2n) is 6.47. The first-order valence-corrected chi connectivity index (χ1v) is 9.27. The number of carbonyl (C=O) groups excluding carboxylic acids is 1. The molecule has 3 nitrogen and oxygen atoms in total. The van der Waals surface area contributed by atoms with Crippen molar-refractivity contribution in [3.63, 3.8) is 0 Å². The summed E-state index contributed by atoms with van der Waals surface area (Å²) < 4.78 is 11.9. The third kappa shape index (κ3) is 4.21. The van der Waals surface area contributed by atoms with Crippen molar-refractivity contribution in [2.24, 2.45) is 0 Å². The summed E-state index contributed by atoms with van der Waals surface area (Å²) in [4.78, 5) is 11.4. The van der Waals surface area contributed by atoms with Crippen molar-refractivity contribution in [1.82, 2.24) is 0 Å². The average molecular weight is 372 g/mol. The topological polar surface area (TPSA) is 35.5 Å². The molecule has 0 aromatic heterocycles. The van der Waals surface area contributed by atoms with Crippen molar-refractivity contribution >= 4 is 5.97 Å². The molecule has 0 aliphatic rings. The Hall–Kier alpha value is -3.17. The molecule has 0 N–H and O–H groups in total. The molecular weight excluding hydrogens is 348 g/mol. The molecule has 0 radical (unpaired) electrons. The smallest absolute Gasteiger partial charge is 0.303 e. The second-order valence-corrected chi connectivity index (χ2v) is 6.47. The lowest BCUT2D eigenvalue weighted by Crippen LogP contribution is -2.36. The van der Waals surface area contributed by atoms with Gasteiger partial charge in [-0.25, -0.2) is 0 Å². The number of rotatable bonds is 8. The van der Waals surface area contributed by atoms with Gasteiger partial charge in [0.25, 0.3) is 0 Å². The Bertz CT molecular complexity index is 792. The van der Waals surface area contributed by atoms with Gasteiger partial charge in [-0.1, -0.05) is 97.6 Å². The molecular formula is C25H24O3. The molecule has 0 heterocycles. The highest BCUT2D eigenvalue weighted by Crippen LogP contribution is 2.40. The number of carbonyl (C=O) groups is 1. The molecule has 0 spiro atoms. The first kappa shape index (κ1) is 19.6. The van der Waals surface area contributed by atoms with Crippen molar-refractivity contribution < 1.29 is 14.3 Å². The van der Waals surface area contributed by atoms with Crippen LogP contribution in [0.25, 0.3) is 0 Å². The van der Waals surface area contributed by atoms with E-state index < -0.39 is 11.7 Å². The molecule has 1 unspecified atom stereocenters. The molecule has 0 aliphatic carbocycles. The number of esters is 1. The molecule has 28 heavy (non-hydrogen) atoms. The van der Waals surface area contributed by atoms with Crippen LogP contribution in [0.2, 0.25) is 0 Å². The normalized spacial score (nSPS) is 12.2. The molecule has 0 saturated carbocycles. The summed E-state index contributed by atoms with van der Waals surface area (Å²) in [5.74, 6) is -0.363. The summed E-state index contributed by atoms with van der Waals surface area (Å²) in [5.41, 5.74) is 2.15. The molecule has 3 heteroatoms. The average Bonchev–Trinajstić information content (AvgIpc) is 2.75. The van der Waals surface area contributed by atoms with E-state index in [2.05, 4.69) is 43.0 Å². The SMILES string of the molecule is C=CC(COC(c1ccccc1)(c1ccccc1)c1ccccc1)OC(C)=O. The van der Waals surface area contributed by atoms with Crippen LogP contribution in [-0.2, 0) is 19.9 Å². The van der Waals surface area contributed by atoms with Gasteiger partial charge in [0, 0.05) is 6.92 Å². The first-order chi connectivity index (χ1) is 13.7. The fourth-order valence-electron chi connectivity index (χ4n) is 3.34. The minimum absolute atomic E-state index is 0.182. The number of hydrogen-bond acceptors (Lipinski definition) is 3. The molecule has 0 bridgehead atoms. The molecule has 0 amide bonds.